The molecule has 0 radical (unpaired) electrons. The fourth-order valence-electron chi connectivity index (χ4n) is 2.58. The van der Waals surface area contributed by atoms with Crippen molar-refractivity contribution in [2.45, 2.75) is 26.2 Å². The number of ether oxygens (including phenoxy) is 1. The molecule has 0 fully saturated rings. The van der Waals surface area contributed by atoms with Crippen molar-refractivity contribution in [3.63, 3.8) is 0 Å². The topological polar surface area (TPSA) is 46.6 Å². The van der Waals surface area contributed by atoms with Crippen LogP contribution in [0.4, 0.5) is 0 Å². The molecule has 1 aliphatic heterocycles. The lowest BCUT2D eigenvalue weighted by molar-refractivity contribution is -0.136. The largest absolute Gasteiger partial charge is 0.466 e. The number of methoxy groups -OCH3 is 1. The quantitative estimate of drug-likeness (QED) is 0.631. The van der Waals surface area contributed by atoms with E-state index in [2.05, 4.69) is 0 Å². The van der Waals surface area contributed by atoms with Crippen molar-refractivity contribution in [2.24, 2.45) is 0 Å². The molecule has 21 heavy (non-hydrogen) atoms. The van der Waals surface area contributed by atoms with E-state index >= 15 is 0 Å². The number of aryl methyl sites for hydroxylation is 1. The minimum Gasteiger partial charge on any atom is -0.466 e. The summed E-state index contributed by atoms with van der Waals surface area (Å²) in [6.07, 6.45) is 4.26. The van der Waals surface area contributed by atoms with Crippen LogP contribution in [0, 0.1) is 0 Å². The number of fused-ring (bicyclic) bond motifs is 1. The van der Waals surface area contributed by atoms with Gasteiger partial charge in [-0.1, -0.05) is 31.2 Å². The molecular weight excluding hydrogens is 266 g/mol. The molecule has 1 amide bonds. The van der Waals surface area contributed by atoms with Crippen LogP contribution < -0.4 is 0 Å². The first-order valence-corrected chi connectivity index (χ1v) is 7.32. The van der Waals surface area contributed by atoms with Crippen molar-refractivity contribution in [3.05, 3.63) is 47.0 Å². The number of hydrogen-bond donors (Lipinski definition) is 0. The van der Waals surface area contributed by atoms with Gasteiger partial charge in [-0.3, -0.25) is 4.79 Å². The summed E-state index contributed by atoms with van der Waals surface area (Å²) in [5.74, 6) is -0.278. The summed E-state index contributed by atoms with van der Waals surface area (Å²) in [6, 6.07) is 7.75. The monoisotopic (exact) mass is 287 g/mol. The molecule has 0 bridgehead atoms. The Balaban J connectivity index is 2.16. The van der Waals surface area contributed by atoms with E-state index in [4.69, 9.17) is 4.74 Å². The van der Waals surface area contributed by atoms with E-state index in [9.17, 15) is 9.59 Å². The molecule has 0 N–H and O–H groups in total. The van der Waals surface area contributed by atoms with Gasteiger partial charge in [0.15, 0.2) is 0 Å². The van der Waals surface area contributed by atoms with Gasteiger partial charge in [-0.25, -0.2) is 4.79 Å². The molecule has 4 heteroatoms. The summed E-state index contributed by atoms with van der Waals surface area (Å²) >= 11 is 0. The van der Waals surface area contributed by atoms with Gasteiger partial charge in [0.1, 0.15) is 0 Å². The lowest BCUT2D eigenvalue weighted by Crippen LogP contribution is -2.31. The van der Waals surface area contributed by atoms with Crippen molar-refractivity contribution in [3.8, 4) is 0 Å². The second-order valence-corrected chi connectivity index (χ2v) is 5.09. The maximum absolute atomic E-state index is 12.6. The average molecular weight is 287 g/mol. The highest BCUT2D eigenvalue weighted by Crippen LogP contribution is 2.18. The first-order valence-electron chi connectivity index (χ1n) is 7.32. The first kappa shape index (κ1) is 15.3. The molecule has 0 aromatic heterocycles. The third-order valence-electron chi connectivity index (χ3n) is 3.80. The molecule has 1 aliphatic rings. The number of benzene rings is 1. The van der Waals surface area contributed by atoms with E-state index < -0.39 is 0 Å². The minimum atomic E-state index is -0.319. The molecular formula is C17H21NO3. The van der Waals surface area contributed by atoms with Crippen molar-refractivity contribution in [2.75, 3.05) is 20.2 Å². The zero-order valence-corrected chi connectivity index (χ0v) is 12.6. The Hall–Kier alpha value is -2.10. The first-order chi connectivity index (χ1) is 10.2. The molecule has 0 atom stereocenters. The van der Waals surface area contributed by atoms with E-state index in [0.29, 0.717) is 25.1 Å². The summed E-state index contributed by atoms with van der Waals surface area (Å²) in [4.78, 5) is 25.9. The Kier molecular flexibility index (Phi) is 5.14. The molecule has 1 heterocycles. The SMILES string of the molecule is CC/C(=C/CN1CCCc2ccccc2C1=O)C(=O)OC. The fourth-order valence-corrected chi connectivity index (χ4v) is 2.58. The maximum Gasteiger partial charge on any atom is 0.333 e. The van der Waals surface area contributed by atoms with Gasteiger partial charge in [0.25, 0.3) is 5.91 Å². The molecule has 2 rings (SSSR count). The number of hydrogen-bond acceptors (Lipinski definition) is 3. The van der Waals surface area contributed by atoms with Crippen LogP contribution in [0.3, 0.4) is 0 Å². The molecule has 0 unspecified atom stereocenters. The molecule has 0 saturated carbocycles. The van der Waals surface area contributed by atoms with Crippen LogP contribution in [0.25, 0.3) is 0 Å². The highest BCUT2D eigenvalue weighted by molar-refractivity contribution is 5.96. The Labute approximate surface area is 125 Å². The summed E-state index contributed by atoms with van der Waals surface area (Å²) in [6.45, 7) is 3.07. The van der Waals surface area contributed by atoms with Crippen molar-refractivity contribution >= 4 is 11.9 Å². The lowest BCUT2D eigenvalue weighted by atomic mass is 10.0. The second-order valence-electron chi connectivity index (χ2n) is 5.09. The summed E-state index contributed by atoms with van der Waals surface area (Å²) in [5, 5.41) is 0. The Bertz CT molecular complexity index is 563. The molecule has 0 saturated heterocycles. The van der Waals surface area contributed by atoms with E-state index in [1.54, 1.807) is 11.0 Å². The van der Waals surface area contributed by atoms with Crippen LogP contribution in [-0.2, 0) is 16.0 Å². The van der Waals surface area contributed by atoms with Gasteiger partial charge in [0, 0.05) is 24.2 Å². The van der Waals surface area contributed by atoms with Crippen molar-refractivity contribution in [1.82, 2.24) is 4.90 Å². The number of rotatable bonds is 4. The van der Waals surface area contributed by atoms with E-state index in [1.807, 2.05) is 31.2 Å². The van der Waals surface area contributed by atoms with Crippen molar-refractivity contribution < 1.29 is 14.3 Å². The highest BCUT2D eigenvalue weighted by atomic mass is 16.5. The minimum absolute atomic E-state index is 0.0414. The van der Waals surface area contributed by atoms with Crippen LogP contribution >= 0.6 is 0 Å². The van der Waals surface area contributed by atoms with Crippen molar-refractivity contribution in [1.29, 1.82) is 0 Å². The molecule has 1 aromatic rings. The number of esters is 1. The summed E-state index contributed by atoms with van der Waals surface area (Å²) in [7, 11) is 1.37. The number of carbonyl (C=O) groups excluding carboxylic acids is 2. The predicted octanol–water partition coefficient (Wildman–Crippen LogP) is 2.58. The Morgan fingerprint density at radius 2 is 2.14 bits per heavy atom. The third kappa shape index (κ3) is 3.51. The maximum atomic E-state index is 12.6. The zero-order valence-electron chi connectivity index (χ0n) is 12.6. The van der Waals surface area contributed by atoms with Crippen LogP contribution in [0.1, 0.15) is 35.7 Å². The lowest BCUT2D eigenvalue weighted by Gasteiger charge is -2.19. The van der Waals surface area contributed by atoms with Gasteiger partial charge < -0.3 is 9.64 Å². The molecule has 0 spiro atoms. The highest BCUT2D eigenvalue weighted by Gasteiger charge is 2.21. The van der Waals surface area contributed by atoms with Gasteiger partial charge in [-0.15, -0.1) is 0 Å². The van der Waals surface area contributed by atoms with Crippen LogP contribution in [-0.4, -0.2) is 37.0 Å². The fraction of sp³-hybridized carbons (Fsp3) is 0.412. The van der Waals surface area contributed by atoms with Gasteiger partial charge in [-0.2, -0.15) is 0 Å². The van der Waals surface area contributed by atoms with Crippen LogP contribution in [0.15, 0.2) is 35.9 Å². The van der Waals surface area contributed by atoms with Gasteiger partial charge >= 0.3 is 5.97 Å². The Morgan fingerprint density at radius 1 is 1.38 bits per heavy atom. The van der Waals surface area contributed by atoms with Crippen LogP contribution in [0.2, 0.25) is 0 Å². The molecule has 4 nitrogen and oxygen atoms in total. The van der Waals surface area contributed by atoms with E-state index in [1.165, 1.54) is 7.11 Å². The normalized spacial score (nSPS) is 15.4. The van der Waals surface area contributed by atoms with Gasteiger partial charge in [-0.05, 0) is 30.9 Å². The van der Waals surface area contributed by atoms with Gasteiger partial charge in [0.05, 0.1) is 7.11 Å². The Morgan fingerprint density at radius 3 is 2.86 bits per heavy atom. The molecule has 0 aliphatic carbocycles. The molecule has 1 aromatic carbocycles. The molecule has 112 valence electrons. The van der Waals surface area contributed by atoms with E-state index in [-0.39, 0.29) is 11.9 Å². The summed E-state index contributed by atoms with van der Waals surface area (Å²) < 4.78 is 4.74. The summed E-state index contributed by atoms with van der Waals surface area (Å²) in [5.41, 5.74) is 2.50. The van der Waals surface area contributed by atoms with E-state index in [0.717, 1.165) is 24.0 Å². The smallest absolute Gasteiger partial charge is 0.333 e. The number of nitrogens with zero attached hydrogens (tertiary/aromatic N) is 1. The number of amides is 1. The van der Waals surface area contributed by atoms with Gasteiger partial charge in [0.2, 0.25) is 0 Å². The zero-order chi connectivity index (χ0) is 15.2. The average Bonchev–Trinajstić information content (AvgIpc) is 2.67. The van der Waals surface area contributed by atoms with Crippen LogP contribution in [0.5, 0.6) is 0 Å². The second kappa shape index (κ2) is 7.07. The third-order valence-corrected chi connectivity index (χ3v) is 3.80. The predicted molar refractivity (Wildman–Crippen MR) is 81.1 cm³/mol. The number of carbonyl (C=O) groups is 2. The standard InChI is InChI=1S/C17H21NO3/c1-3-13(17(20)21-2)10-12-18-11-6-8-14-7-4-5-9-15(14)16(18)19/h4-5,7,9-10H,3,6,8,11-12H2,1-2H3/b13-10-.